The van der Waals surface area contributed by atoms with Gasteiger partial charge in [-0.2, -0.15) is 0 Å². The van der Waals surface area contributed by atoms with E-state index in [1.165, 1.54) is 44.9 Å². The van der Waals surface area contributed by atoms with Crippen LogP contribution >= 0.6 is 7.82 Å². The summed E-state index contributed by atoms with van der Waals surface area (Å²) >= 11 is 0. The van der Waals surface area contributed by atoms with Crippen LogP contribution in [0.4, 0.5) is 0 Å². The number of unbranched alkanes of at least 4 members (excludes halogenated alkanes) is 11. The van der Waals surface area contributed by atoms with Crippen LogP contribution in [0.3, 0.4) is 0 Å². The molecule has 0 fully saturated rings. The first kappa shape index (κ1) is 44.0. The summed E-state index contributed by atoms with van der Waals surface area (Å²) in [7, 11) is -4.38. The molecule has 0 heterocycles. The van der Waals surface area contributed by atoms with E-state index in [9.17, 15) is 19.0 Å². The van der Waals surface area contributed by atoms with Gasteiger partial charge in [-0.15, -0.1) is 0 Å². The molecule has 9 nitrogen and oxygen atoms in total. The summed E-state index contributed by atoms with van der Waals surface area (Å²) in [5.41, 5.74) is 5.31. The van der Waals surface area contributed by atoms with Gasteiger partial charge >= 0.3 is 19.8 Å². The molecule has 0 spiro atoms. The van der Waals surface area contributed by atoms with Crippen molar-refractivity contribution in [2.45, 2.75) is 142 Å². The molecule has 0 amide bonds. The smallest absolute Gasteiger partial charge is 0.462 e. The van der Waals surface area contributed by atoms with Crippen molar-refractivity contribution in [3.8, 4) is 0 Å². The average molecular weight is 670 g/mol. The summed E-state index contributed by atoms with van der Waals surface area (Å²) in [5, 5.41) is 0. The Balaban J connectivity index is 4.36. The van der Waals surface area contributed by atoms with E-state index >= 15 is 0 Å². The maximum Gasteiger partial charge on any atom is 0.472 e. The van der Waals surface area contributed by atoms with Crippen LogP contribution in [-0.4, -0.2) is 49.3 Å². The number of carbonyl (C=O) groups excluding carboxylic acids is 2. The molecule has 0 aromatic heterocycles. The van der Waals surface area contributed by atoms with Gasteiger partial charge in [-0.1, -0.05) is 120 Å². The number of allylic oxidation sites excluding steroid dienone is 8. The minimum absolute atomic E-state index is 0.0454. The molecule has 0 saturated heterocycles. The summed E-state index contributed by atoms with van der Waals surface area (Å²) in [6.45, 7) is 3.52. The van der Waals surface area contributed by atoms with Crippen molar-refractivity contribution >= 4 is 19.8 Å². The highest BCUT2D eigenvalue weighted by Gasteiger charge is 2.25. The lowest BCUT2D eigenvalue weighted by molar-refractivity contribution is -0.161. The normalized spacial score (nSPS) is 14.1. The highest BCUT2D eigenvalue weighted by Crippen LogP contribution is 2.43. The number of nitrogens with two attached hydrogens (primary N) is 1. The van der Waals surface area contributed by atoms with Gasteiger partial charge in [-0.25, -0.2) is 4.57 Å². The van der Waals surface area contributed by atoms with Crippen LogP contribution in [0, 0.1) is 0 Å². The van der Waals surface area contributed by atoms with Gasteiger partial charge in [0.05, 0.1) is 13.2 Å². The number of ether oxygens (including phenoxy) is 2. The fourth-order valence-corrected chi connectivity index (χ4v) is 5.15. The van der Waals surface area contributed by atoms with Crippen molar-refractivity contribution < 1.29 is 37.6 Å². The molecule has 266 valence electrons. The van der Waals surface area contributed by atoms with Crippen LogP contribution in [0.15, 0.2) is 48.6 Å². The first-order chi connectivity index (χ1) is 22.3. The summed E-state index contributed by atoms with van der Waals surface area (Å²) in [6, 6.07) is 0. The number of rotatable bonds is 32. The van der Waals surface area contributed by atoms with E-state index < -0.39 is 32.5 Å². The molecule has 0 aromatic carbocycles. The second kappa shape index (κ2) is 32.9. The van der Waals surface area contributed by atoms with Gasteiger partial charge in [0, 0.05) is 19.4 Å². The van der Waals surface area contributed by atoms with Gasteiger partial charge in [0.1, 0.15) is 6.61 Å². The predicted octanol–water partition coefficient (Wildman–Crippen LogP) is 9.21. The fraction of sp³-hybridized carbons (Fsp3) is 0.722. The van der Waals surface area contributed by atoms with Crippen LogP contribution in [0.5, 0.6) is 0 Å². The van der Waals surface area contributed by atoms with E-state index in [4.69, 9.17) is 24.3 Å². The topological polar surface area (TPSA) is 134 Å². The number of hydrogen-bond donors (Lipinski definition) is 2. The summed E-state index contributed by atoms with van der Waals surface area (Å²) < 4.78 is 32.5. The van der Waals surface area contributed by atoms with Gasteiger partial charge in [0.2, 0.25) is 0 Å². The first-order valence-corrected chi connectivity index (χ1v) is 19.1. The fourth-order valence-electron chi connectivity index (χ4n) is 4.39. The third-order valence-electron chi connectivity index (χ3n) is 6.98. The van der Waals surface area contributed by atoms with Gasteiger partial charge in [0.25, 0.3) is 0 Å². The zero-order chi connectivity index (χ0) is 34.0. The Morgan fingerprint density at radius 3 is 1.78 bits per heavy atom. The van der Waals surface area contributed by atoms with E-state index in [0.29, 0.717) is 6.42 Å². The Labute approximate surface area is 279 Å². The Bertz CT molecular complexity index is 902. The molecule has 0 aromatic rings. The third kappa shape index (κ3) is 31.9. The summed E-state index contributed by atoms with van der Waals surface area (Å²) in [5.74, 6) is -0.884. The van der Waals surface area contributed by atoms with Gasteiger partial charge in [0.15, 0.2) is 6.10 Å². The molecule has 0 radical (unpaired) electrons. The Morgan fingerprint density at radius 1 is 0.674 bits per heavy atom. The molecule has 0 saturated carbocycles. The quantitative estimate of drug-likeness (QED) is 0.0311. The molecule has 10 heteroatoms. The molecule has 3 N–H and O–H groups in total. The highest BCUT2D eigenvalue weighted by molar-refractivity contribution is 7.47. The minimum atomic E-state index is -4.38. The Kier molecular flexibility index (Phi) is 31.4. The standard InChI is InChI=1S/C36H64NO8P/c1-3-5-7-9-11-13-15-16-17-18-19-21-23-25-27-29-36(39)45-34(33-44-46(40,41)43-31-30-37)32-42-35(38)28-26-24-22-20-14-12-10-8-6-4-2/h5,7,11,13,16-17,19,21,34H,3-4,6,8-10,12,14-15,18,20,22-33,37H2,1-2H3,(H,40,41)/b7-5-,13-11-,17-16-,21-19-. The SMILES string of the molecule is CC/C=C\C/C=C\C/C=C\C/C=C\CCCCC(=O)OC(COC(=O)CCCCCCCCCCCC)COP(=O)(O)OCCN. The van der Waals surface area contributed by atoms with Crippen molar-refractivity contribution in [2.75, 3.05) is 26.4 Å². The van der Waals surface area contributed by atoms with Crippen LogP contribution in [-0.2, 0) is 32.7 Å². The lowest BCUT2D eigenvalue weighted by Crippen LogP contribution is -2.29. The summed E-state index contributed by atoms with van der Waals surface area (Å²) in [6.07, 6.45) is 34.4. The van der Waals surface area contributed by atoms with Crippen molar-refractivity contribution in [1.82, 2.24) is 0 Å². The van der Waals surface area contributed by atoms with Gasteiger partial charge in [-0.3, -0.25) is 18.6 Å². The average Bonchev–Trinajstić information content (AvgIpc) is 3.04. The molecule has 46 heavy (non-hydrogen) atoms. The monoisotopic (exact) mass is 669 g/mol. The molecule has 0 aliphatic rings. The summed E-state index contributed by atoms with van der Waals surface area (Å²) in [4.78, 5) is 34.6. The van der Waals surface area contributed by atoms with Crippen LogP contribution in [0.1, 0.15) is 136 Å². The van der Waals surface area contributed by atoms with Crippen LogP contribution < -0.4 is 5.73 Å². The molecule has 2 atom stereocenters. The molecule has 0 rings (SSSR count). The molecule has 0 aliphatic carbocycles. The lowest BCUT2D eigenvalue weighted by Gasteiger charge is -2.19. The molecule has 0 aliphatic heterocycles. The maximum absolute atomic E-state index is 12.5. The number of phosphoric ester groups is 1. The maximum atomic E-state index is 12.5. The predicted molar refractivity (Wildman–Crippen MR) is 187 cm³/mol. The second-order valence-corrected chi connectivity index (χ2v) is 12.8. The number of phosphoric acid groups is 1. The Hall–Kier alpha value is -2.03. The van der Waals surface area contributed by atoms with Crippen LogP contribution in [0.25, 0.3) is 0 Å². The minimum Gasteiger partial charge on any atom is -0.462 e. The second-order valence-electron chi connectivity index (χ2n) is 11.4. The Morgan fingerprint density at radius 2 is 1.20 bits per heavy atom. The lowest BCUT2D eigenvalue weighted by atomic mass is 10.1. The van der Waals surface area contributed by atoms with E-state index in [1.54, 1.807) is 0 Å². The zero-order valence-corrected chi connectivity index (χ0v) is 29.7. The number of hydrogen-bond acceptors (Lipinski definition) is 8. The molecule has 0 bridgehead atoms. The van der Waals surface area contributed by atoms with Gasteiger partial charge < -0.3 is 20.1 Å². The van der Waals surface area contributed by atoms with Gasteiger partial charge in [-0.05, 0) is 51.4 Å². The number of esters is 2. The molecular formula is C36H64NO8P. The van der Waals surface area contributed by atoms with E-state index in [-0.39, 0.29) is 32.6 Å². The third-order valence-corrected chi connectivity index (χ3v) is 7.96. The van der Waals surface area contributed by atoms with Crippen molar-refractivity contribution in [3.05, 3.63) is 48.6 Å². The molecule has 2 unspecified atom stereocenters. The van der Waals surface area contributed by atoms with Crippen molar-refractivity contribution in [1.29, 1.82) is 0 Å². The highest BCUT2D eigenvalue weighted by atomic mass is 31.2. The zero-order valence-electron chi connectivity index (χ0n) is 28.8. The van der Waals surface area contributed by atoms with E-state index in [2.05, 4.69) is 62.5 Å². The van der Waals surface area contributed by atoms with E-state index in [0.717, 1.165) is 57.8 Å². The number of carbonyl (C=O) groups is 2. The first-order valence-electron chi connectivity index (χ1n) is 17.6. The van der Waals surface area contributed by atoms with Crippen LogP contribution in [0.2, 0.25) is 0 Å². The van der Waals surface area contributed by atoms with Crippen molar-refractivity contribution in [3.63, 3.8) is 0 Å². The largest absolute Gasteiger partial charge is 0.472 e. The van der Waals surface area contributed by atoms with E-state index in [1.807, 2.05) is 0 Å². The van der Waals surface area contributed by atoms with Crippen molar-refractivity contribution in [2.24, 2.45) is 5.73 Å². The molecular weight excluding hydrogens is 605 g/mol.